The van der Waals surface area contributed by atoms with Gasteiger partial charge in [0.1, 0.15) is 17.6 Å². The predicted octanol–water partition coefficient (Wildman–Crippen LogP) is 0.454. The van der Waals surface area contributed by atoms with Crippen molar-refractivity contribution in [3.63, 3.8) is 0 Å². The van der Waals surface area contributed by atoms with Crippen molar-refractivity contribution in [1.82, 2.24) is 5.32 Å². The Morgan fingerprint density at radius 1 is 1.24 bits per heavy atom. The number of aliphatic hydroxyl groups excluding tert-OH is 1. The molecule has 1 aromatic rings. The van der Waals surface area contributed by atoms with Crippen LogP contribution in [0.5, 0.6) is 11.5 Å². The second-order valence-electron chi connectivity index (χ2n) is 3.35. The van der Waals surface area contributed by atoms with E-state index in [1.807, 2.05) is 5.32 Å². The Labute approximate surface area is 95.3 Å². The van der Waals surface area contributed by atoms with Crippen molar-refractivity contribution in [2.45, 2.75) is 12.5 Å². The number of rotatable bonds is 4. The van der Waals surface area contributed by atoms with Crippen molar-refractivity contribution < 1.29 is 28.9 Å². The molecule has 0 aromatic heterocycles. The Bertz CT molecular complexity index is 391. The maximum atomic E-state index is 11.9. The Morgan fingerprint density at radius 2 is 1.76 bits per heavy atom. The lowest BCUT2D eigenvalue weighted by molar-refractivity contribution is -0.00270. The third kappa shape index (κ3) is 3.87. The van der Waals surface area contributed by atoms with Gasteiger partial charge in [0.05, 0.1) is 0 Å². The monoisotopic (exact) mass is 247 g/mol. The summed E-state index contributed by atoms with van der Waals surface area (Å²) in [6.45, 7) is -0.618. The van der Waals surface area contributed by atoms with Crippen LogP contribution in [0.2, 0.25) is 0 Å². The Hall–Kier alpha value is -1.89. The first kappa shape index (κ1) is 13.2. The minimum Gasteiger partial charge on any atom is -0.508 e. The number of hydrogen-bond acceptors (Lipinski definition) is 4. The van der Waals surface area contributed by atoms with E-state index in [1.54, 1.807) is 0 Å². The number of amides is 1. The van der Waals surface area contributed by atoms with E-state index in [-0.39, 0.29) is 17.1 Å². The van der Waals surface area contributed by atoms with Gasteiger partial charge in [-0.15, -0.1) is 0 Å². The number of hydrogen-bond donors (Lipinski definition) is 4. The molecule has 1 atom stereocenters. The predicted molar refractivity (Wildman–Crippen MR) is 54.1 cm³/mol. The van der Waals surface area contributed by atoms with E-state index in [4.69, 9.17) is 15.3 Å². The first-order valence-corrected chi connectivity index (χ1v) is 4.67. The van der Waals surface area contributed by atoms with Crippen LogP contribution in [0.15, 0.2) is 18.2 Å². The highest BCUT2D eigenvalue weighted by molar-refractivity contribution is 5.95. The fraction of sp³-hybridized carbons (Fsp3) is 0.300. The SMILES string of the molecule is O=C(NCC(O)C(F)F)c1cc(O)cc(O)c1. The van der Waals surface area contributed by atoms with Gasteiger partial charge in [-0.05, 0) is 12.1 Å². The molecule has 1 amide bonds. The van der Waals surface area contributed by atoms with Crippen LogP contribution in [-0.2, 0) is 0 Å². The fourth-order valence-electron chi connectivity index (χ4n) is 1.11. The summed E-state index contributed by atoms with van der Waals surface area (Å²) in [5.74, 6) is -1.44. The van der Waals surface area contributed by atoms with E-state index < -0.39 is 25.0 Å². The summed E-state index contributed by atoms with van der Waals surface area (Å²) >= 11 is 0. The smallest absolute Gasteiger partial charge is 0.265 e. The second-order valence-corrected chi connectivity index (χ2v) is 3.35. The zero-order valence-electron chi connectivity index (χ0n) is 8.60. The van der Waals surface area contributed by atoms with Crippen molar-refractivity contribution in [3.05, 3.63) is 23.8 Å². The molecule has 17 heavy (non-hydrogen) atoms. The van der Waals surface area contributed by atoms with Gasteiger partial charge in [0.2, 0.25) is 0 Å². The standard InChI is InChI=1S/C10H11F2NO4/c11-9(12)8(16)4-13-10(17)5-1-6(14)3-7(15)2-5/h1-3,8-9,14-16H,4H2,(H,13,17). The van der Waals surface area contributed by atoms with Crippen molar-refractivity contribution >= 4 is 5.91 Å². The summed E-state index contributed by atoms with van der Waals surface area (Å²) in [5, 5.41) is 29.0. The maximum Gasteiger partial charge on any atom is 0.265 e. The molecule has 0 heterocycles. The highest BCUT2D eigenvalue weighted by Crippen LogP contribution is 2.20. The molecule has 0 saturated carbocycles. The first-order valence-electron chi connectivity index (χ1n) is 4.67. The Balaban J connectivity index is 2.64. The molecule has 1 aromatic carbocycles. The van der Waals surface area contributed by atoms with Crippen LogP contribution in [0.3, 0.4) is 0 Å². The largest absolute Gasteiger partial charge is 0.508 e. The van der Waals surface area contributed by atoms with Gasteiger partial charge in [0.15, 0.2) is 0 Å². The zero-order valence-corrected chi connectivity index (χ0v) is 8.60. The van der Waals surface area contributed by atoms with Gasteiger partial charge in [-0.1, -0.05) is 0 Å². The summed E-state index contributed by atoms with van der Waals surface area (Å²) in [6.07, 6.45) is -4.90. The van der Waals surface area contributed by atoms with E-state index in [2.05, 4.69) is 0 Å². The minimum absolute atomic E-state index is 0.0935. The van der Waals surface area contributed by atoms with Crippen molar-refractivity contribution in [2.24, 2.45) is 0 Å². The van der Waals surface area contributed by atoms with Crippen molar-refractivity contribution in [3.8, 4) is 11.5 Å². The van der Waals surface area contributed by atoms with E-state index in [9.17, 15) is 13.6 Å². The van der Waals surface area contributed by atoms with E-state index in [1.165, 1.54) is 0 Å². The molecule has 4 N–H and O–H groups in total. The third-order valence-corrected chi connectivity index (χ3v) is 1.93. The number of phenols is 2. The number of carbonyl (C=O) groups excluding carboxylic acids is 1. The summed E-state index contributed by atoms with van der Waals surface area (Å²) in [4.78, 5) is 11.4. The molecule has 0 aliphatic carbocycles. The molecule has 0 bridgehead atoms. The molecule has 0 fully saturated rings. The quantitative estimate of drug-likeness (QED) is 0.622. The van der Waals surface area contributed by atoms with Crippen LogP contribution in [0.1, 0.15) is 10.4 Å². The van der Waals surface area contributed by atoms with Gasteiger partial charge < -0.3 is 20.6 Å². The Kier molecular flexibility index (Phi) is 4.22. The van der Waals surface area contributed by atoms with Crippen molar-refractivity contribution in [2.75, 3.05) is 6.54 Å². The first-order chi connectivity index (χ1) is 7.90. The molecular weight excluding hydrogens is 236 g/mol. The average molecular weight is 247 g/mol. The molecule has 94 valence electrons. The highest BCUT2D eigenvalue weighted by atomic mass is 19.3. The molecular formula is C10H11F2NO4. The highest BCUT2D eigenvalue weighted by Gasteiger charge is 2.18. The molecule has 1 rings (SSSR count). The van der Waals surface area contributed by atoms with Gasteiger partial charge in [-0.2, -0.15) is 0 Å². The van der Waals surface area contributed by atoms with Gasteiger partial charge in [0, 0.05) is 18.2 Å². The summed E-state index contributed by atoms with van der Waals surface area (Å²) in [5.41, 5.74) is -0.0935. The van der Waals surface area contributed by atoms with E-state index in [0.29, 0.717) is 0 Å². The molecule has 0 aliphatic heterocycles. The van der Waals surface area contributed by atoms with Gasteiger partial charge in [0.25, 0.3) is 12.3 Å². The second kappa shape index (κ2) is 5.44. The number of nitrogens with one attached hydrogen (secondary N) is 1. The third-order valence-electron chi connectivity index (χ3n) is 1.93. The molecule has 1 unspecified atom stereocenters. The van der Waals surface area contributed by atoms with Crippen LogP contribution in [0.25, 0.3) is 0 Å². The number of halogens is 2. The van der Waals surface area contributed by atoms with Crippen LogP contribution in [0.4, 0.5) is 8.78 Å². The lowest BCUT2D eigenvalue weighted by Gasteiger charge is -2.10. The van der Waals surface area contributed by atoms with Gasteiger partial charge >= 0.3 is 0 Å². The number of aliphatic hydroxyl groups is 1. The Morgan fingerprint density at radius 3 is 2.24 bits per heavy atom. The van der Waals surface area contributed by atoms with Crippen LogP contribution >= 0.6 is 0 Å². The molecule has 0 saturated heterocycles. The number of aromatic hydroxyl groups is 2. The summed E-state index contributed by atoms with van der Waals surface area (Å²) in [7, 11) is 0. The number of carbonyl (C=O) groups is 1. The number of alkyl halides is 2. The van der Waals surface area contributed by atoms with Crippen LogP contribution in [0, 0.1) is 0 Å². The van der Waals surface area contributed by atoms with Gasteiger partial charge in [-0.25, -0.2) is 8.78 Å². The molecule has 0 spiro atoms. The fourth-order valence-corrected chi connectivity index (χ4v) is 1.11. The van der Waals surface area contributed by atoms with Gasteiger partial charge in [-0.3, -0.25) is 4.79 Å². The average Bonchev–Trinajstić information content (AvgIpc) is 2.23. The lowest BCUT2D eigenvalue weighted by atomic mass is 10.2. The number of benzene rings is 1. The molecule has 5 nitrogen and oxygen atoms in total. The van der Waals surface area contributed by atoms with E-state index >= 15 is 0 Å². The zero-order chi connectivity index (χ0) is 13.0. The van der Waals surface area contributed by atoms with Crippen LogP contribution in [-0.4, -0.2) is 40.3 Å². The topological polar surface area (TPSA) is 89.8 Å². The lowest BCUT2D eigenvalue weighted by Crippen LogP contribution is -2.35. The number of phenolic OH excluding ortho intramolecular Hbond substituents is 2. The normalized spacial score (nSPS) is 12.5. The molecule has 7 heteroatoms. The van der Waals surface area contributed by atoms with Crippen LogP contribution < -0.4 is 5.32 Å². The minimum atomic E-state index is -2.95. The van der Waals surface area contributed by atoms with E-state index in [0.717, 1.165) is 18.2 Å². The molecule has 0 radical (unpaired) electrons. The molecule has 0 aliphatic rings. The summed E-state index contributed by atoms with van der Waals surface area (Å²) in [6, 6.07) is 3.14. The summed E-state index contributed by atoms with van der Waals surface area (Å²) < 4.78 is 23.9. The maximum absolute atomic E-state index is 11.9. The van der Waals surface area contributed by atoms with Crippen molar-refractivity contribution in [1.29, 1.82) is 0 Å².